The molecule has 1 aromatic rings. The average Bonchev–Trinajstić information content (AvgIpc) is 2.79. The van der Waals surface area contributed by atoms with Crippen LogP contribution in [0.4, 0.5) is 0 Å². The summed E-state index contributed by atoms with van der Waals surface area (Å²) in [6.07, 6.45) is 4.91. The van der Waals surface area contributed by atoms with E-state index in [4.69, 9.17) is 5.11 Å². The van der Waals surface area contributed by atoms with E-state index >= 15 is 0 Å². The molecule has 0 atom stereocenters. The highest BCUT2D eigenvalue weighted by molar-refractivity contribution is 5.82. The van der Waals surface area contributed by atoms with Gasteiger partial charge in [0.05, 0.1) is 12.0 Å². The van der Waals surface area contributed by atoms with Gasteiger partial charge in [0.1, 0.15) is 0 Å². The van der Waals surface area contributed by atoms with Gasteiger partial charge >= 0.3 is 5.97 Å². The molecule has 0 saturated carbocycles. The quantitative estimate of drug-likeness (QED) is 0.761. The van der Waals surface area contributed by atoms with E-state index in [9.17, 15) is 9.90 Å². The number of benzene rings is 1. The Bertz CT molecular complexity index is 409. The molecule has 16 heavy (non-hydrogen) atoms. The summed E-state index contributed by atoms with van der Waals surface area (Å²) in [6, 6.07) is 7.15. The Kier molecular flexibility index (Phi) is 2.79. The zero-order valence-corrected chi connectivity index (χ0v) is 8.89. The molecule has 0 amide bonds. The lowest BCUT2D eigenvalue weighted by Gasteiger charge is -2.24. The van der Waals surface area contributed by atoms with Crippen molar-refractivity contribution in [3.8, 4) is 0 Å². The Balaban J connectivity index is 2.36. The highest BCUT2D eigenvalue weighted by atomic mass is 16.4. The molecule has 84 valence electrons. The molecule has 2 N–H and O–H groups in total. The SMILES string of the molecule is O=C(O)C1(c2ccc(CO)cc2)CC=CC1. The molecule has 2 rings (SSSR count). The van der Waals surface area contributed by atoms with Crippen molar-refractivity contribution in [3.63, 3.8) is 0 Å². The lowest BCUT2D eigenvalue weighted by Crippen LogP contribution is -2.32. The van der Waals surface area contributed by atoms with Crippen molar-refractivity contribution in [2.24, 2.45) is 0 Å². The molecule has 1 aliphatic rings. The van der Waals surface area contributed by atoms with E-state index in [1.54, 1.807) is 24.3 Å². The van der Waals surface area contributed by atoms with Crippen LogP contribution in [0, 0.1) is 0 Å². The van der Waals surface area contributed by atoms with Gasteiger partial charge in [-0.1, -0.05) is 36.4 Å². The molecule has 0 unspecified atom stereocenters. The third kappa shape index (κ3) is 1.63. The lowest BCUT2D eigenvalue weighted by atomic mass is 9.78. The van der Waals surface area contributed by atoms with Crippen molar-refractivity contribution in [1.29, 1.82) is 0 Å². The number of aliphatic hydroxyl groups excluding tert-OH is 1. The number of hydrogen-bond acceptors (Lipinski definition) is 2. The first kappa shape index (κ1) is 10.9. The highest BCUT2D eigenvalue weighted by Gasteiger charge is 2.40. The normalized spacial score (nSPS) is 17.6. The fourth-order valence-corrected chi connectivity index (χ4v) is 2.12. The summed E-state index contributed by atoms with van der Waals surface area (Å²) in [5.74, 6) is -0.783. The zero-order valence-electron chi connectivity index (χ0n) is 8.89. The number of carboxylic acids is 1. The summed E-state index contributed by atoms with van der Waals surface area (Å²) in [5.41, 5.74) is 0.811. The van der Waals surface area contributed by atoms with Gasteiger partial charge in [-0.2, -0.15) is 0 Å². The maximum absolute atomic E-state index is 11.4. The van der Waals surface area contributed by atoms with Crippen LogP contribution in [-0.2, 0) is 16.8 Å². The van der Waals surface area contributed by atoms with Gasteiger partial charge in [-0.15, -0.1) is 0 Å². The van der Waals surface area contributed by atoms with E-state index < -0.39 is 11.4 Å². The smallest absolute Gasteiger partial charge is 0.314 e. The van der Waals surface area contributed by atoms with Gasteiger partial charge in [0.2, 0.25) is 0 Å². The fraction of sp³-hybridized carbons (Fsp3) is 0.308. The topological polar surface area (TPSA) is 57.5 Å². The molecule has 0 spiro atoms. The minimum atomic E-state index is -0.798. The summed E-state index contributed by atoms with van der Waals surface area (Å²) in [6.45, 7) is -0.0153. The molecule has 0 aromatic heterocycles. The molecule has 0 saturated heterocycles. The number of aliphatic hydroxyl groups is 1. The van der Waals surface area contributed by atoms with Gasteiger partial charge < -0.3 is 10.2 Å². The van der Waals surface area contributed by atoms with Crippen LogP contribution in [0.1, 0.15) is 24.0 Å². The van der Waals surface area contributed by atoms with E-state index in [0.717, 1.165) is 11.1 Å². The Labute approximate surface area is 94.0 Å². The molecule has 1 aromatic carbocycles. The Hall–Kier alpha value is -1.61. The number of allylic oxidation sites excluding steroid dienone is 2. The lowest BCUT2D eigenvalue weighted by molar-refractivity contribution is -0.143. The molecule has 3 heteroatoms. The van der Waals surface area contributed by atoms with E-state index in [2.05, 4.69) is 0 Å². The first-order valence-electron chi connectivity index (χ1n) is 5.28. The van der Waals surface area contributed by atoms with Crippen LogP contribution < -0.4 is 0 Å². The van der Waals surface area contributed by atoms with Gasteiger partial charge in [-0.05, 0) is 24.0 Å². The van der Waals surface area contributed by atoms with Crippen LogP contribution in [0.25, 0.3) is 0 Å². The molecular formula is C13H14O3. The molecule has 0 bridgehead atoms. The van der Waals surface area contributed by atoms with Gasteiger partial charge in [0, 0.05) is 0 Å². The second-order valence-electron chi connectivity index (χ2n) is 4.12. The largest absolute Gasteiger partial charge is 0.481 e. The predicted molar refractivity (Wildman–Crippen MR) is 60.1 cm³/mol. The van der Waals surface area contributed by atoms with E-state index in [0.29, 0.717) is 12.8 Å². The summed E-state index contributed by atoms with van der Waals surface area (Å²) in [5, 5.41) is 18.3. The van der Waals surface area contributed by atoms with Crippen LogP contribution in [0.2, 0.25) is 0 Å². The van der Waals surface area contributed by atoms with Crippen molar-refractivity contribution in [1.82, 2.24) is 0 Å². The number of aliphatic carboxylic acids is 1. The molecule has 3 nitrogen and oxygen atoms in total. The second kappa shape index (κ2) is 4.10. The fourth-order valence-electron chi connectivity index (χ4n) is 2.12. The monoisotopic (exact) mass is 218 g/mol. The van der Waals surface area contributed by atoms with Crippen molar-refractivity contribution < 1.29 is 15.0 Å². The predicted octanol–water partition coefficient (Wildman–Crippen LogP) is 1.85. The van der Waals surface area contributed by atoms with Crippen LogP contribution in [0.5, 0.6) is 0 Å². The molecule has 1 aliphatic carbocycles. The maximum Gasteiger partial charge on any atom is 0.314 e. The maximum atomic E-state index is 11.4. The summed E-state index contributed by atoms with van der Waals surface area (Å²) >= 11 is 0. The van der Waals surface area contributed by atoms with Crippen LogP contribution >= 0.6 is 0 Å². The highest BCUT2D eigenvalue weighted by Crippen LogP contribution is 2.37. The summed E-state index contributed by atoms with van der Waals surface area (Å²) < 4.78 is 0. The van der Waals surface area contributed by atoms with E-state index in [-0.39, 0.29) is 6.61 Å². The van der Waals surface area contributed by atoms with Crippen molar-refractivity contribution in [2.45, 2.75) is 24.9 Å². The first-order valence-corrected chi connectivity index (χ1v) is 5.28. The molecule has 0 heterocycles. The second-order valence-corrected chi connectivity index (χ2v) is 4.12. The number of hydrogen-bond donors (Lipinski definition) is 2. The number of carbonyl (C=O) groups is 1. The third-order valence-electron chi connectivity index (χ3n) is 3.20. The van der Waals surface area contributed by atoms with Crippen molar-refractivity contribution in [2.75, 3.05) is 0 Å². The molecular weight excluding hydrogens is 204 g/mol. The van der Waals surface area contributed by atoms with Crippen LogP contribution in [0.3, 0.4) is 0 Å². The average molecular weight is 218 g/mol. The Morgan fingerprint density at radius 3 is 2.19 bits per heavy atom. The molecule has 0 fully saturated rings. The minimum Gasteiger partial charge on any atom is -0.481 e. The van der Waals surface area contributed by atoms with E-state index in [1.165, 1.54) is 0 Å². The number of rotatable bonds is 3. The Morgan fingerprint density at radius 2 is 1.75 bits per heavy atom. The van der Waals surface area contributed by atoms with Crippen LogP contribution in [-0.4, -0.2) is 16.2 Å². The summed E-state index contributed by atoms with van der Waals surface area (Å²) in [7, 11) is 0. The van der Waals surface area contributed by atoms with Gasteiger partial charge in [-0.3, -0.25) is 4.79 Å². The van der Waals surface area contributed by atoms with Gasteiger partial charge in [0.25, 0.3) is 0 Å². The van der Waals surface area contributed by atoms with Crippen LogP contribution in [0.15, 0.2) is 36.4 Å². The van der Waals surface area contributed by atoms with Crippen molar-refractivity contribution in [3.05, 3.63) is 47.5 Å². The van der Waals surface area contributed by atoms with Gasteiger partial charge in [0.15, 0.2) is 0 Å². The zero-order chi connectivity index (χ0) is 11.6. The molecule has 0 aliphatic heterocycles. The number of carboxylic acid groups (broad SMARTS) is 1. The first-order chi connectivity index (χ1) is 7.69. The molecule has 0 radical (unpaired) electrons. The Morgan fingerprint density at radius 1 is 1.19 bits per heavy atom. The minimum absolute atomic E-state index is 0.0153. The van der Waals surface area contributed by atoms with Crippen molar-refractivity contribution >= 4 is 5.97 Å². The standard InChI is InChI=1S/C13H14O3/c14-9-10-3-5-11(6-4-10)13(12(15)16)7-1-2-8-13/h1-6,14H,7-9H2,(H,15,16). The third-order valence-corrected chi connectivity index (χ3v) is 3.20. The van der Waals surface area contributed by atoms with E-state index in [1.807, 2.05) is 12.2 Å². The summed E-state index contributed by atoms with van der Waals surface area (Å²) in [4.78, 5) is 11.4. The van der Waals surface area contributed by atoms with Gasteiger partial charge in [-0.25, -0.2) is 0 Å².